The van der Waals surface area contributed by atoms with E-state index in [0.717, 1.165) is 17.7 Å². The lowest BCUT2D eigenvalue weighted by Crippen LogP contribution is -2.49. The number of imidazole rings is 1. The predicted octanol–water partition coefficient (Wildman–Crippen LogP) is 1.82. The highest BCUT2D eigenvalue weighted by molar-refractivity contribution is 5.96. The van der Waals surface area contributed by atoms with Gasteiger partial charge in [-0.15, -0.1) is 5.10 Å². The van der Waals surface area contributed by atoms with Crippen molar-refractivity contribution in [2.24, 2.45) is 0 Å². The Morgan fingerprint density at radius 2 is 1.82 bits per heavy atom. The molecule has 0 unspecified atom stereocenters. The van der Waals surface area contributed by atoms with E-state index in [1.807, 2.05) is 60.0 Å². The van der Waals surface area contributed by atoms with Crippen molar-refractivity contribution in [1.29, 1.82) is 0 Å². The molecule has 1 amide bonds. The van der Waals surface area contributed by atoms with Crippen LogP contribution in [-0.4, -0.2) is 100 Å². The van der Waals surface area contributed by atoms with Gasteiger partial charge >= 0.3 is 0 Å². The molecule has 12 heteroatoms. The third kappa shape index (κ3) is 4.25. The number of aryl methyl sites for hydroxylation is 1. The lowest BCUT2D eigenvalue weighted by molar-refractivity contribution is -0.120. The fraction of sp³-hybridized carbons (Fsp3) is 0.423. The largest absolute Gasteiger partial charge is 0.479 e. The van der Waals surface area contributed by atoms with Gasteiger partial charge < -0.3 is 14.4 Å². The summed E-state index contributed by atoms with van der Waals surface area (Å²) in [6, 6.07) is 9.95. The van der Waals surface area contributed by atoms with Gasteiger partial charge in [0.15, 0.2) is 17.0 Å². The smallest absolute Gasteiger partial charge is 0.254 e. The number of amides is 1. The third-order valence-electron chi connectivity index (χ3n) is 6.99. The van der Waals surface area contributed by atoms with Gasteiger partial charge in [0.1, 0.15) is 0 Å². The lowest BCUT2D eigenvalue weighted by atomic mass is 10.1. The van der Waals surface area contributed by atoms with E-state index in [2.05, 4.69) is 10.00 Å². The van der Waals surface area contributed by atoms with Crippen LogP contribution < -0.4 is 14.5 Å². The van der Waals surface area contributed by atoms with Gasteiger partial charge in [-0.05, 0) is 19.5 Å². The molecule has 0 aliphatic carbocycles. The number of benzene rings is 1. The standard InChI is InChI=1S/C26H31N9O3/c1-4-33-23-21(27-26(33)34-11-10-31(2)17-20(34)36)22(32-12-14-38-15-13-32)28-25(29-23)35-16-19(24(30-35)37-3)18-8-6-5-7-9-18/h5-9,16H,4,10-15,17H2,1-3H3. The molecule has 0 radical (unpaired) electrons. The van der Waals surface area contributed by atoms with Crippen molar-refractivity contribution in [2.75, 3.05) is 69.9 Å². The van der Waals surface area contributed by atoms with E-state index in [0.29, 0.717) is 80.7 Å². The van der Waals surface area contributed by atoms with Crippen LogP contribution in [0.1, 0.15) is 6.92 Å². The van der Waals surface area contributed by atoms with E-state index in [4.69, 9.17) is 24.4 Å². The van der Waals surface area contributed by atoms with Crippen LogP contribution in [0.2, 0.25) is 0 Å². The second-order valence-electron chi connectivity index (χ2n) is 9.42. The van der Waals surface area contributed by atoms with Crippen LogP contribution in [0.15, 0.2) is 36.5 Å². The topological polar surface area (TPSA) is 107 Å². The van der Waals surface area contributed by atoms with Crippen LogP contribution in [0.5, 0.6) is 5.88 Å². The van der Waals surface area contributed by atoms with Crippen LogP contribution >= 0.6 is 0 Å². The maximum absolute atomic E-state index is 13.0. The van der Waals surface area contributed by atoms with Gasteiger partial charge in [-0.2, -0.15) is 9.97 Å². The Balaban J connectivity index is 1.52. The second kappa shape index (κ2) is 10.0. The van der Waals surface area contributed by atoms with Crippen molar-refractivity contribution >= 4 is 28.8 Å². The highest BCUT2D eigenvalue weighted by Gasteiger charge is 2.30. The number of nitrogens with zero attached hydrogens (tertiary/aromatic N) is 9. The second-order valence-corrected chi connectivity index (χ2v) is 9.42. The van der Waals surface area contributed by atoms with Crippen molar-refractivity contribution in [3.8, 4) is 23.0 Å². The van der Waals surface area contributed by atoms with Gasteiger partial charge in [0.05, 0.1) is 32.4 Å². The molecule has 0 spiro atoms. The van der Waals surface area contributed by atoms with Crippen molar-refractivity contribution in [1.82, 2.24) is 34.2 Å². The number of piperazine rings is 1. The molecule has 0 atom stereocenters. The van der Waals surface area contributed by atoms with E-state index in [1.54, 1.807) is 16.7 Å². The molecule has 2 aliphatic rings. The van der Waals surface area contributed by atoms with E-state index < -0.39 is 0 Å². The third-order valence-corrected chi connectivity index (χ3v) is 6.99. The quantitative estimate of drug-likeness (QED) is 0.379. The van der Waals surface area contributed by atoms with Crippen LogP contribution in [0.4, 0.5) is 11.8 Å². The Labute approximate surface area is 220 Å². The Hall–Kier alpha value is -4.03. The van der Waals surface area contributed by atoms with Crippen molar-refractivity contribution in [3.63, 3.8) is 0 Å². The van der Waals surface area contributed by atoms with Gasteiger partial charge in [0.2, 0.25) is 17.7 Å². The number of ether oxygens (including phenoxy) is 2. The first-order valence-electron chi connectivity index (χ1n) is 12.9. The zero-order valence-electron chi connectivity index (χ0n) is 21.9. The van der Waals surface area contributed by atoms with E-state index in [9.17, 15) is 4.79 Å². The molecule has 0 saturated carbocycles. The van der Waals surface area contributed by atoms with Gasteiger partial charge in [-0.25, -0.2) is 9.67 Å². The molecule has 6 rings (SSSR count). The van der Waals surface area contributed by atoms with Crippen LogP contribution in [0, 0.1) is 0 Å². The maximum atomic E-state index is 13.0. The van der Waals surface area contributed by atoms with Gasteiger partial charge in [-0.1, -0.05) is 30.3 Å². The molecule has 12 nitrogen and oxygen atoms in total. The molecule has 2 aliphatic heterocycles. The summed E-state index contributed by atoms with van der Waals surface area (Å²) < 4.78 is 14.8. The number of fused-ring (bicyclic) bond motifs is 1. The Morgan fingerprint density at radius 3 is 2.53 bits per heavy atom. The Bertz CT molecular complexity index is 1460. The number of carbonyl (C=O) groups is 1. The summed E-state index contributed by atoms with van der Waals surface area (Å²) in [6.07, 6.45) is 1.88. The van der Waals surface area contributed by atoms with Crippen molar-refractivity contribution in [3.05, 3.63) is 36.5 Å². The molecule has 4 aromatic rings. The summed E-state index contributed by atoms with van der Waals surface area (Å²) in [5, 5.41) is 4.67. The Morgan fingerprint density at radius 1 is 1.03 bits per heavy atom. The zero-order chi connectivity index (χ0) is 26.2. The summed E-state index contributed by atoms with van der Waals surface area (Å²) in [5.41, 5.74) is 3.16. The monoisotopic (exact) mass is 517 g/mol. The molecule has 1 aromatic carbocycles. The highest BCUT2D eigenvalue weighted by atomic mass is 16.5. The number of methoxy groups -OCH3 is 1. The minimum Gasteiger partial charge on any atom is -0.479 e. The summed E-state index contributed by atoms with van der Waals surface area (Å²) in [7, 11) is 3.56. The van der Waals surface area contributed by atoms with Gasteiger partial charge in [0.25, 0.3) is 5.95 Å². The zero-order valence-corrected chi connectivity index (χ0v) is 21.9. The summed E-state index contributed by atoms with van der Waals surface area (Å²) >= 11 is 0. The van der Waals surface area contributed by atoms with Crippen molar-refractivity contribution < 1.29 is 14.3 Å². The molecule has 3 aromatic heterocycles. The summed E-state index contributed by atoms with van der Waals surface area (Å²) in [6.45, 7) is 6.92. The van der Waals surface area contributed by atoms with Gasteiger partial charge in [0, 0.05) is 38.9 Å². The normalized spacial score (nSPS) is 17.0. The van der Waals surface area contributed by atoms with E-state index in [-0.39, 0.29) is 5.91 Å². The fourth-order valence-corrected chi connectivity index (χ4v) is 4.99. The van der Waals surface area contributed by atoms with Gasteiger partial charge in [-0.3, -0.25) is 19.2 Å². The minimum atomic E-state index is 0.0224. The van der Waals surface area contributed by atoms with Crippen LogP contribution in [0.3, 0.4) is 0 Å². The SMILES string of the molecule is CCn1c(N2CCN(C)CC2=O)nc2c(N3CCOCC3)nc(-n3cc(-c4ccccc4)c(OC)n3)nc21. The molecule has 2 saturated heterocycles. The molecule has 5 heterocycles. The number of morpholine rings is 1. The molecular weight excluding hydrogens is 486 g/mol. The first kappa shape index (κ1) is 24.3. The number of aromatic nitrogens is 6. The Kier molecular flexibility index (Phi) is 6.42. The molecular formula is C26H31N9O3. The molecule has 0 N–H and O–H groups in total. The number of carbonyl (C=O) groups excluding carboxylic acids is 1. The number of likely N-dealkylation sites (N-methyl/N-ethyl adjacent to an activating group) is 1. The molecule has 0 bridgehead atoms. The number of hydrogen-bond acceptors (Lipinski definition) is 9. The molecule has 198 valence electrons. The summed E-state index contributed by atoms with van der Waals surface area (Å²) in [5.74, 6) is 2.23. The summed E-state index contributed by atoms with van der Waals surface area (Å²) in [4.78, 5) is 33.8. The van der Waals surface area contributed by atoms with Crippen LogP contribution in [-0.2, 0) is 16.1 Å². The van der Waals surface area contributed by atoms with E-state index in [1.165, 1.54) is 0 Å². The van der Waals surface area contributed by atoms with Crippen molar-refractivity contribution in [2.45, 2.75) is 13.5 Å². The first-order valence-corrected chi connectivity index (χ1v) is 12.9. The minimum absolute atomic E-state index is 0.0224. The van der Waals surface area contributed by atoms with Crippen LogP contribution in [0.25, 0.3) is 28.2 Å². The highest BCUT2D eigenvalue weighted by Crippen LogP contribution is 2.32. The maximum Gasteiger partial charge on any atom is 0.254 e. The first-order chi connectivity index (χ1) is 18.6. The predicted molar refractivity (Wildman–Crippen MR) is 143 cm³/mol. The number of hydrogen-bond donors (Lipinski definition) is 0. The lowest BCUT2D eigenvalue weighted by Gasteiger charge is -2.31. The van der Waals surface area contributed by atoms with E-state index >= 15 is 0 Å². The molecule has 2 fully saturated rings. The molecule has 38 heavy (non-hydrogen) atoms. The average molecular weight is 518 g/mol. The fourth-order valence-electron chi connectivity index (χ4n) is 4.99. The average Bonchev–Trinajstić information content (AvgIpc) is 3.55. The number of anilines is 2. The number of rotatable bonds is 6.